The van der Waals surface area contributed by atoms with Crippen molar-refractivity contribution in [2.75, 3.05) is 7.11 Å². The lowest BCUT2D eigenvalue weighted by molar-refractivity contribution is -0.140. The van der Waals surface area contributed by atoms with Crippen LogP contribution in [0.25, 0.3) is 0 Å². The monoisotopic (exact) mass is 282 g/mol. The zero-order valence-electron chi connectivity index (χ0n) is 12.0. The molecule has 0 N–H and O–H groups in total. The van der Waals surface area contributed by atoms with Crippen LogP contribution in [0.5, 0.6) is 5.75 Å². The minimum Gasteiger partial charge on any atom is -0.497 e. The number of esters is 1. The second kappa shape index (κ2) is 7.29. The van der Waals surface area contributed by atoms with Gasteiger partial charge >= 0.3 is 5.97 Å². The van der Waals surface area contributed by atoms with E-state index in [1.807, 2.05) is 54.6 Å². The number of ether oxygens (including phenoxy) is 2. The summed E-state index contributed by atoms with van der Waals surface area (Å²) in [6.07, 6.45) is 0.470. The van der Waals surface area contributed by atoms with Crippen LogP contribution in [0, 0.1) is 0 Å². The number of hydrogen-bond donors (Lipinski definition) is 0. The topological polar surface area (TPSA) is 35.5 Å². The number of methoxy groups -OCH3 is 1. The molecular formula is C18H18O3. The van der Waals surface area contributed by atoms with Crippen LogP contribution < -0.4 is 4.74 Å². The molecule has 0 saturated carbocycles. The molecule has 0 spiro atoms. The molecule has 3 nitrogen and oxygen atoms in total. The minimum atomic E-state index is -0.366. The predicted octanol–water partition coefficient (Wildman–Crippen LogP) is 3.54. The second-order valence-electron chi connectivity index (χ2n) is 4.69. The Balaban J connectivity index is 1.86. The van der Waals surface area contributed by atoms with Gasteiger partial charge in [0.2, 0.25) is 0 Å². The van der Waals surface area contributed by atoms with E-state index in [0.717, 1.165) is 16.9 Å². The summed E-state index contributed by atoms with van der Waals surface area (Å²) in [6.45, 7) is 4.06. The van der Waals surface area contributed by atoms with E-state index in [4.69, 9.17) is 9.47 Å². The first kappa shape index (κ1) is 14.9. The zero-order valence-corrected chi connectivity index (χ0v) is 12.0. The molecule has 0 amide bonds. The Hall–Kier alpha value is -2.55. The first-order valence-electron chi connectivity index (χ1n) is 6.71. The van der Waals surface area contributed by atoms with Gasteiger partial charge in [0.15, 0.2) is 0 Å². The number of benzene rings is 2. The lowest BCUT2D eigenvalue weighted by Gasteiger charge is -2.08. The molecule has 0 aliphatic carbocycles. The molecule has 0 aliphatic rings. The molecule has 0 fully saturated rings. The Bertz CT molecular complexity index is 600. The van der Waals surface area contributed by atoms with Crippen molar-refractivity contribution in [1.29, 1.82) is 0 Å². The highest BCUT2D eigenvalue weighted by molar-refractivity contribution is 5.88. The van der Waals surface area contributed by atoms with Crippen LogP contribution in [0.4, 0.5) is 0 Å². The minimum absolute atomic E-state index is 0.265. The summed E-state index contributed by atoms with van der Waals surface area (Å²) < 4.78 is 10.3. The zero-order chi connectivity index (χ0) is 15.1. The maximum Gasteiger partial charge on any atom is 0.334 e. The summed E-state index contributed by atoms with van der Waals surface area (Å²) in [5.41, 5.74) is 2.40. The Kier molecular flexibility index (Phi) is 5.16. The van der Waals surface area contributed by atoms with Crippen molar-refractivity contribution in [2.45, 2.75) is 13.0 Å². The highest BCUT2D eigenvalue weighted by Gasteiger charge is 2.09. The fourth-order valence-corrected chi connectivity index (χ4v) is 1.89. The summed E-state index contributed by atoms with van der Waals surface area (Å²) in [6, 6.07) is 17.1. The van der Waals surface area contributed by atoms with Crippen molar-refractivity contribution in [3.8, 4) is 5.75 Å². The lowest BCUT2D eigenvalue weighted by atomic mass is 10.1. The summed E-state index contributed by atoms with van der Waals surface area (Å²) in [5, 5.41) is 0. The molecule has 0 aliphatic heterocycles. The molecule has 0 saturated heterocycles. The summed E-state index contributed by atoms with van der Waals surface area (Å²) in [4.78, 5) is 11.9. The van der Waals surface area contributed by atoms with Crippen molar-refractivity contribution >= 4 is 5.97 Å². The molecule has 108 valence electrons. The van der Waals surface area contributed by atoms with Crippen LogP contribution in [0.2, 0.25) is 0 Å². The van der Waals surface area contributed by atoms with Crippen molar-refractivity contribution < 1.29 is 14.3 Å². The SMILES string of the molecule is C=C(Cc1ccc(OC)cc1)C(=O)OCc1ccccc1. The third-order valence-electron chi connectivity index (χ3n) is 3.08. The Morgan fingerprint density at radius 3 is 2.29 bits per heavy atom. The van der Waals surface area contributed by atoms with E-state index >= 15 is 0 Å². The van der Waals surface area contributed by atoms with Gasteiger partial charge in [-0.3, -0.25) is 0 Å². The van der Waals surface area contributed by atoms with E-state index in [9.17, 15) is 4.79 Å². The average Bonchev–Trinajstić information content (AvgIpc) is 2.54. The highest BCUT2D eigenvalue weighted by atomic mass is 16.5. The van der Waals surface area contributed by atoms with Crippen LogP contribution in [-0.4, -0.2) is 13.1 Å². The van der Waals surface area contributed by atoms with E-state index in [0.29, 0.717) is 12.0 Å². The first-order valence-corrected chi connectivity index (χ1v) is 6.71. The third kappa shape index (κ3) is 4.49. The molecule has 0 radical (unpaired) electrons. The maximum atomic E-state index is 11.9. The molecule has 0 bridgehead atoms. The fraction of sp³-hybridized carbons (Fsp3) is 0.167. The van der Waals surface area contributed by atoms with Gasteiger partial charge in [-0.25, -0.2) is 4.79 Å². The molecule has 21 heavy (non-hydrogen) atoms. The number of rotatable bonds is 6. The van der Waals surface area contributed by atoms with Gasteiger partial charge in [-0.1, -0.05) is 49.0 Å². The van der Waals surface area contributed by atoms with Gasteiger partial charge in [-0.15, -0.1) is 0 Å². The molecule has 0 heterocycles. The first-order chi connectivity index (χ1) is 10.2. The second-order valence-corrected chi connectivity index (χ2v) is 4.69. The fourth-order valence-electron chi connectivity index (χ4n) is 1.89. The van der Waals surface area contributed by atoms with Crippen molar-refractivity contribution in [1.82, 2.24) is 0 Å². The van der Waals surface area contributed by atoms with Gasteiger partial charge in [0.1, 0.15) is 12.4 Å². The molecule has 0 atom stereocenters. The van der Waals surface area contributed by atoms with E-state index in [2.05, 4.69) is 6.58 Å². The van der Waals surface area contributed by atoms with Gasteiger partial charge in [0.05, 0.1) is 7.11 Å². The summed E-state index contributed by atoms with van der Waals surface area (Å²) >= 11 is 0. The predicted molar refractivity (Wildman–Crippen MR) is 82.1 cm³/mol. The standard InChI is InChI=1S/C18H18O3/c1-14(12-15-8-10-17(20-2)11-9-15)18(19)21-13-16-6-4-3-5-7-16/h3-11H,1,12-13H2,2H3. The van der Waals surface area contributed by atoms with Crippen molar-refractivity contribution in [3.63, 3.8) is 0 Å². The number of carbonyl (C=O) groups is 1. The van der Waals surface area contributed by atoms with Gasteiger partial charge < -0.3 is 9.47 Å². The molecule has 0 unspecified atom stereocenters. The molecule has 3 heteroatoms. The van der Waals surface area contributed by atoms with Crippen LogP contribution in [-0.2, 0) is 22.6 Å². The Morgan fingerprint density at radius 2 is 1.67 bits per heavy atom. The van der Waals surface area contributed by atoms with Crippen LogP contribution in [0.15, 0.2) is 66.7 Å². The third-order valence-corrected chi connectivity index (χ3v) is 3.08. The highest BCUT2D eigenvalue weighted by Crippen LogP contribution is 2.14. The average molecular weight is 282 g/mol. The maximum absolute atomic E-state index is 11.9. The summed E-state index contributed by atoms with van der Waals surface area (Å²) in [5.74, 6) is 0.422. The van der Waals surface area contributed by atoms with E-state index in [-0.39, 0.29) is 12.6 Å². The van der Waals surface area contributed by atoms with Crippen LogP contribution >= 0.6 is 0 Å². The van der Waals surface area contributed by atoms with Crippen molar-refractivity contribution in [2.24, 2.45) is 0 Å². The largest absolute Gasteiger partial charge is 0.497 e. The Morgan fingerprint density at radius 1 is 1.00 bits per heavy atom. The molecular weight excluding hydrogens is 264 g/mol. The van der Waals surface area contributed by atoms with Crippen LogP contribution in [0.3, 0.4) is 0 Å². The van der Waals surface area contributed by atoms with E-state index in [1.54, 1.807) is 7.11 Å². The molecule has 2 aromatic rings. The van der Waals surface area contributed by atoms with Gasteiger partial charge in [-0.2, -0.15) is 0 Å². The van der Waals surface area contributed by atoms with Gasteiger partial charge in [0.25, 0.3) is 0 Å². The molecule has 2 rings (SSSR count). The Labute approximate surface area is 124 Å². The quantitative estimate of drug-likeness (QED) is 0.600. The molecule has 0 aromatic heterocycles. The smallest absolute Gasteiger partial charge is 0.334 e. The van der Waals surface area contributed by atoms with Crippen LogP contribution in [0.1, 0.15) is 11.1 Å². The lowest BCUT2D eigenvalue weighted by Crippen LogP contribution is -2.09. The van der Waals surface area contributed by atoms with Crippen molar-refractivity contribution in [3.05, 3.63) is 77.9 Å². The molecule has 2 aromatic carbocycles. The van der Waals surface area contributed by atoms with E-state index in [1.165, 1.54) is 0 Å². The normalized spacial score (nSPS) is 9.95. The summed E-state index contributed by atoms with van der Waals surface area (Å²) in [7, 11) is 1.62. The number of hydrogen-bond acceptors (Lipinski definition) is 3. The van der Waals surface area contributed by atoms with Gasteiger partial charge in [-0.05, 0) is 23.3 Å². The van der Waals surface area contributed by atoms with E-state index < -0.39 is 0 Å². The number of carbonyl (C=O) groups excluding carboxylic acids is 1. The van der Waals surface area contributed by atoms with Gasteiger partial charge in [0, 0.05) is 12.0 Å².